The number of carbonyl (C=O) groups is 1. The summed E-state index contributed by atoms with van der Waals surface area (Å²) in [4.78, 5) is 12.1. The van der Waals surface area contributed by atoms with Gasteiger partial charge in [0.05, 0.1) is 12.3 Å². The lowest BCUT2D eigenvalue weighted by Crippen LogP contribution is -2.28. The van der Waals surface area contributed by atoms with Crippen molar-refractivity contribution >= 4 is 33.6 Å². The number of nitrogens with zero attached hydrogens (tertiary/aromatic N) is 3. The zero-order chi connectivity index (χ0) is 19.2. The Balaban J connectivity index is 1.80. The molecule has 2 heterocycles. The quantitative estimate of drug-likeness (QED) is 0.522. The highest BCUT2D eigenvalue weighted by molar-refractivity contribution is 9.10. The van der Waals surface area contributed by atoms with E-state index in [9.17, 15) is 4.79 Å². The van der Waals surface area contributed by atoms with Crippen LogP contribution in [0.2, 0.25) is 0 Å². The highest BCUT2D eigenvalue weighted by Gasteiger charge is 2.18. The minimum Gasteiger partial charge on any atom is -0.446 e. The predicted octanol–water partition coefficient (Wildman–Crippen LogP) is 4.21. The van der Waals surface area contributed by atoms with Crippen LogP contribution in [0.15, 0.2) is 56.7 Å². The summed E-state index contributed by atoms with van der Waals surface area (Å²) in [6.45, 7) is 5.40. The van der Waals surface area contributed by atoms with Gasteiger partial charge >= 0.3 is 0 Å². The van der Waals surface area contributed by atoms with Crippen molar-refractivity contribution in [1.29, 1.82) is 0 Å². The van der Waals surface area contributed by atoms with Crippen LogP contribution < -0.4 is 5.32 Å². The monoisotopic (exact) mass is 448 g/mol. The number of benzene rings is 1. The number of furan rings is 1. The molecule has 6 nitrogen and oxygen atoms in total. The lowest BCUT2D eigenvalue weighted by molar-refractivity contribution is -0.118. The molecule has 27 heavy (non-hydrogen) atoms. The number of hydrogen-bond donors (Lipinski definition) is 1. The van der Waals surface area contributed by atoms with Crippen LogP contribution in [0.1, 0.15) is 19.4 Å². The van der Waals surface area contributed by atoms with Gasteiger partial charge in [-0.15, -0.1) is 10.2 Å². The molecule has 0 aliphatic carbocycles. The van der Waals surface area contributed by atoms with Crippen molar-refractivity contribution in [3.8, 4) is 11.6 Å². The molecule has 0 aliphatic heterocycles. The zero-order valence-electron chi connectivity index (χ0n) is 15.2. The smallest absolute Gasteiger partial charge is 0.230 e. The molecule has 1 N–H and O–H groups in total. The summed E-state index contributed by atoms with van der Waals surface area (Å²) in [5, 5.41) is 12.2. The van der Waals surface area contributed by atoms with Gasteiger partial charge in [0.25, 0.3) is 0 Å². The Bertz CT molecular complexity index is 892. The van der Waals surface area contributed by atoms with E-state index in [0.717, 1.165) is 5.56 Å². The number of carbonyl (C=O) groups excluding carboxylic acids is 1. The molecular formula is C19H21BrN4O2S. The van der Waals surface area contributed by atoms with Crippen molar-refractivity contribution in [2.75, 3.05) is 12.3 Å². The topological polar surface area (TPSA) is 73.0 Å². The van der Waals surface area contributed by atoms with Gasteiger partial charge in [-0.1, -0.05) is 55.9 Å². The van der Waals surface area contributed by atoms with Gasteiger partial charge in [-0.3, -0.25) is 9.36 Å². The fraction of sp³-hybridized carbons (Fsp3) is 0.316. The average Bonchev–Trinajstić information content (AvgIpc) is 3.25. The minimum atomic E-state index is -0.00902. The zero-order valence-corrected chi connectivity index (χ0v) is 17.6. The van der Waals surface area contributed by atoms with E-state index in [4.69, 9.17) is 4.42 Å². The van der Waals surface area contributed by atoms with Gasteiger partial charge in [-0.2, -0.15) is 0 Å². The molecule has 8 heteroatoms. The van der Waals surface area contributed by atoms with Gasteiger partial charge in [0.2, 0.25) is 11.7 Å². The molecule has 3 aromatic rings. The summed E-state index contributed by atoms with van der Waals surface area (Å²) in [7, 11) is 0. The Labute approximate surface area is 170 Å². The summed E-state index contributed by atoms with van der Waals surface area (Å²) >= 11 is 4.70. The summed E-state index contributed by atoms with van der Waals surface area (Å²) in [6, 6.07) is 13.7. The third kappa shape index (κ3) is 5.46. The third-order valence-corrected chi connectivity index (χ3v) is 5.13. The molecule has 0 spiro atoms. The summed E-state index contributed by atoms with van der Waals surface area (Å²) in [5.41, 5.74) is 1.12. The van der Waals surface area contributed by atoms with E-state index in [1.54, 1.807) is 0 Å². The molecular weight excluding hydrogens is 428 g/mol. The SMILES string of the molecule is CC(C)CNC(=O)CSc1nnc(-c2ccc(Br)o2)n1Cc1ccccc1. The molecule has 0 radical (unpaired) electrons. The molecule has 0 fully saturated rings. The highest BCUT2D eigenvalue weighted by Crippen LogP contribution is 2.28. The van der Waals surface area contributed by atoms with E-state index in [-0.39, 0.29) is 5.91 Å². The molecule has 1 aromatic carbocycles. The first kappa shape index (κ1) is 19.7. The van der Waals surface area contributed by atoms with E-state index in [0.29, 0.717) is 46.2 Å². The first-order chi connectivity index (χ1) is 13.0. The van der Waals surface area contributed by atoms with Gasteiger partial charge in [0.15, 0.2) is 15.6 Å². The fourth-order valence-corrected chi connectivity index (χ4v) is 3.49. The normalized spacial score (nSPS) is 11.1. The maximum absolute atomic E-state index is 12.1. The second-order valence-electron chi connectivity index (χ2n) is 6.47. The summed E-state index contributed by atoms with van der Waals surface area (Å²) in [5.74, 6) is 1.97. The van der Waals surface area contributed by atoms with Gasteiger partial charge in [-0.05, 0) is 39.5 Å². The molecule has 0 saturated carbocycles. The molecule has 2 aromatic heterocycles. The predicted molar refractivity (Wildman–Crippen MR) is 110 cm³/mol. The number of thioether (sulfide) groups is 1. The van der Waals surface area contributed by atoms with Crippen LogP contribution in [0, 0.1) is 5.92 Å². The highest BCUT2D eigenvalue weighted by atomic mass is 79.9. The molecule has 142 valence electrons. The second kappa shape index (κ2) is 9.23. The molecule has 0 unspecified atom stereocenters. The molecule has 0 saturated heterocycles. The molecule has 0 bridgehead atoms. The van der Waals surface area contributed by atoms with E-state index in [1.165, 1.54) is 11.8 Å². The van der Waals surface area contributed by atoms with E-state index in [2.05, 4.69) is 45.3 Å². The Morgan fingerprint density at radius 2 is 2.00 bits per heavy atom. The third-order valence-electron chi connectivity index (χ3n) is 3.73. The van der Waals surface area contributed by atoms with E-state index in [1.807, 2.05) is 47.0 Å². The fourth-order valence-electron chi connectivity index (χ4n) is 2.42. The van der Waals surface area contributed by atoms with Gasteiger partial charge in [0, 0.05) is 6.54 Å². The van der Waals surface area contributed by atoms with Gasteiger partial charge in [0.1, 0.15) is 0 Å². The minimum absolute atomic E-state index is 0.00902. The number of halogens is 1. The average molecular weight is 449 g/mol. The lowest BCUT2D eigenvalue weighted by atomic mass is 10.2. The van der Waals surface area contributed by atoms with Crippen molar-refractivity contribution in [2.24, 2.45) is 5.92 Å². The van der Waals surface area contributed by atoms with Gasteiger partial charge < -0.3 is 9.73 Å². The maximum atomic E-state index is 12.1. The van der Waals surface area contributed by atoms with Crippen LogP contribution in [0.5, 0.6) is 0 Å². The van der Waals surface area contributed by atoms with Crippen LogP contribution in [0.3, 0.4) is 0 Å². The number of aromatic nitrogens is 3. The lowest BCUT2D eigenvalue weighted by Gasteiger charge is -2.10. The first-order valence-electron chi connectivity index (χ1n) is 8.65. The number of amides is 1. The first-order valence-corrected chi connectivity index (χ1v) is 10.4. The van der Waals surface area contributed by atoms with Crippen molar-refractivity contribution in [3.63, 3.8) is 0 Å². The van der Waals surface area contributed by atoms with Crippen LogP contribution >= 0.6 is 27.7 Å². The Morgan fingerprint density at radius 3 is 2.67 bits per heavy atom. The van der Waals surface area contributed by atoms with Crippen LogP contribution in [0.4, 0.5) is 0 Å². The Hall–Kier alpha value is -2.06. The van der Waals surface area contributed by atoms with Crippen molar-refractivity contribution in [2.45, 2.75) is 25.5 Å². The van der Waals surface area contributed by atoms with E-state index < -0.39 is 0 Å². The molecule has 1 amide bonds. The van der Waals surface area contributed by atoms with Crippen molar-refractivity contribution < 1.29 is 9.21 Å². The Kier molecular flexibility index (Phi) is 6.73. The van der Waals surface area contributed by atoms with Crippen molar-refractivity contribution in [3.05, 3.63) is 52.7 Å². The Morgan fingerprint density at radius 1 is 1.22 bits per heavy atom. The van der Waals surface area contributed by atoms with Crippen LogP contribution in [-0.2, 0) is 11.3 Å². The summed E-state index contributed by atoms with van der Waals surface area (Å²) < 4.78 is 8.26. The second-order valence-corrected chi connectivity index (χ2v) is 8.19. The molecule has 0 atom stereocenters. The van der Waals surface area contributed by atoms with Crippen molar-refractivity contribution in [1.82, 2.24) is 20.1 Å². The number of hydrogen-bond acceptors (Lipinski definition) is 5. The number of rotatable bonds is 8. The van der Waals surface area contributed by atoms with E-state index >= 15 is 0 Å². The van der Waals surface area contributed by atoms with Crippen LogP contribution in [-0.4, -0.2) is 33.0 Å². The molecule has 3 rings (SSSR count). The maximum Gasteiger partial charge on any atom is 0.230 e. The largest absolute Gasteiger partial charge is 0.446 e. The summed E-state index contributed by atoms with van der Waals surface area (Å²) in [6.07, 6.45) is 0. The standard InChI is InChI=1S/C19H21BrN4O2S/c1-13(2)10-21-17(25)12-27-19-23-22-18(15-8-9-16(20)26-15)24(19)11-14-6-4-3-5-7-14/h3-9,13H,10-12H2,1-2H3,(H,21,25). The molecule has 0 aliphatic rings. The van der Waals surface area contributed by atoms with Gasteiger partial charge in [-0.25, -0.2) is 0 Å². The number of nitrogens with one attached hydrogen (secondary N) is 1. The van der Waals surface area contributed by atoms with Crippen LogP contribution in [0.25, 0.3) is 11.6 Å².